The van der Waals surface area contributed by atoms with Gasteiger partial charge in [-0.15, -0.1) is 0 Å². The molecule has 0 spiro atoms. The number of hydrogen-bond acceptors (Lipinski definition) is 4. The van der Waals surface area contributed by atoms with E-state index in [4.69, 9.17) is 0 Å². The molecule has 1 aliphatic rings. The van der Waals surface area contributed by atoms with Crippen LogP contribution < -0.4 is 5.56 Å². The molecule has 3 aromatic heterocycles. The third kappa shape index (κ3) is 3.05. The fraction of sp³-hybridized carbons (Fsp3) is 0.474. The molecule has 0 saturated carbocycles. The van der Waals surface area contributed by atoms with Crippen LogP contribution in [0.3, 0.4) is 0 Å². The van der Waals surface area contributed by atoms with Crippen LogP contribution in [0.5, 0.6) is 0 Å². The number of piperidine rings is 1. The number of amides is 1. The molecule has 8 nitrogen and oxygen atoms in total. The first-order valence-electron chi connectivity index (χ1n) is 9.35. The second-order valence-electron chi connectivity index (χ2n) is 7.49. The van der Waals surface area contributed by atoms with Gasteiger partial charge in [0.25, 0.3) is 11.5 Å². The van der Waals surface area contributed by atoms with Crippen LogP contribution in [-0.2, 0) is 0 Å². The van der Waals surface area contributed by atoms with Gasteiger partial charge >= 0.3 is 0 Å². The van der Waals surface area contributed by atoms with Crippen molar-refractivity contribution in [1.82, 2.24) is 29.0 Å². The number of hydrogen-bond donors (Lipinski definition) is 1. The number of imidazole rings is 1. The molecule has 1 saturated heterocycles. The first-order valence-corrected chi connectivity index (χ1v) is 9.35. The molecule has 8 heteroatoms. The van der Waals surface area contributed by atoms with Crippen LogP contribution in [0.1, 0.15) is 60.5 Å². The molecule has 4 heterocycles. The van der Waals surface area contributed by atoms with Crippen molar-refractivity contribution in [3.63, 3.8) is 0 Å². The van der Waals surface area contributed by atoms with Crippen molar-refractivity contribution in [2.45, 2.75) is 45.6 Å². The van der Waals surface area contributed by atoms with E-state index in [2.05, 4.69) is 33.5 Å². The van der Waals surface area contributed by atoms with E-state index in [1.165, 1.54) is 10.7 Å². The summed E-state index contributed by atoms with van der Waals surface area (Å²) in [5.41, 5.74) is 1.08. The lowest BCUT2D eigenvalue weighted by molar-refractivity contribution is 0.0700. The molecular formula is C19H24N6O2. The third-order valence-corrected chi connectivity index (χ3v) is 5.18. The third-order valence-electron chi connectivity index (χ3n) is 5.18. The number of rotatable bonds is 3. The van der Waals surface area contributed by atoms with Crippen LogP contribution in [0, 0.1) is 6.92 Å². The molecule has 1 atom stereocenters. The fourth-order valence-electron chi connectivity index (χ4n) is 3.85. The quantitative estimate of drug-likeness (QED) is 0.767. The average Bonchev–Trinajstić information content (AvgIpc) is 3.28. The van der Waals surface area contributed by atoms with Gasteiger partial charge in [-0.1, -0.05) is 0 Å². The van der Waals surface area contributed by atoms with Crippen LogP contribution in [-0.4, -0.2) is 48.0 Å². The van der Waals surface area contributed by atoms with E-state index in [9.17, 15) is 9.59 Å². The summed E-state index contributed by atoms with van der Waals surface area (Å²) in [5.74, 6) is 0.918. The maximum absolute atomic E-state index is 13.0. The predicted molar refractivity (Wildman–Crippen MR) is 101 cm³/mol. The van der Waals surface area contributed by atoms with Crippen LogP contribution in [0.15, 0.2) is 29.5 Å². The van der Waals surface area contributed by atoms with Crippen LogP contribution in [0.2, 0.25) is 0 Å². The highest BCUT2D eigenvalue weighted by molar-refractivity contribution is 5.93. The number of carbonyl (C=O) groups excluding carboxylic acids is 1. The van der Waals surface area contributed by atoms with Gasteiger partial charge in [0.05, 0.1) is 0 Å². The normalized spacial score (nSPS) is 17.8. The summed E-state index contributed by atoms with van der Waals surface area (Å²) in [6.45, 7) is 7.30. The molecule has 0 bridgehead atoms. The zero-order valence-electron chi connectivity index (χ0n) is 15.8. The van der Waals surface area contributed by atoms with Crippen molar-refractivity contribution >= 4 is 11.6 Å². The van der Waals surface area contributed by atoms with Crippen LogP contribution in [0.25, 0.3) is 5.65 Å². The smallest absolute Gasteiger partial charge is 0.285 e. The number of likely N-dealkylation sites (tertiary alicyclic amines) is 1. The van der Waals surface area contributed by atoms with Crippen LogP contribution in [0.4, 0.5) is 0 Å². The van der Waals surface area contributed by atoms with Gasteiger partial charge in [0.1, 0.15) is 11.4 Å². The Balaban J connectivity index is 1.61. The largest absolute Gasteiger partial charge is 0.338 e. The minimum atomic E-state index is -0.357. The highest BCUT2D eigenvalue weighted by Crippen LogP contribution is 2.28. The van der Waals surface area contributed by atoms with Crippen molar-refractivity contribution < 1.29 is 4.79 Å². The number of nitrogens with zero attached hydrogens (tertiary/aromatic N) is 5. The van der Waals surface area contributed by atoms with E-state index in [1.54, 1.807) is 11.0 Å². The Bertz CT molecular complexity index is 1040. The summed E-state index contributed by atoms with van der Waals surface area (Å²) >= 11 is 0. The zero-order valence-corrected chi connectivity index (χ0v) is 15.8. The summed E-state index contributed by atoms with van der Waals surface area (Å²) in [6.07, 6.45) is 7.07. The lowest BCUT2D eigenvalue weighted by atomic mass is 9.96. The molecule has 1 aliphatic heterocycles. The van der Waals surface area contributed by atoms with E-state index in [0.29, 0.717) is 24.8 Å². The standard InChI is InChI=1S/C19H24N6O2/c1-12(2)24-8-6-20-17(24)14-5-4-7-23(11-14)18(26)15-10-21-16-9-13(3)22-25(16)19(15)27/h6,8-10,12,14,22H,4-5,7,11H2,1-3H3/t14-/m0/s1. The van der Waals surface area contributed by atoms with Crippen molar-refractivity contribution in [1.29, 1.82) is 0 Å². The molecule has 1 N–H and O–H groups in total. The molecule has 4 rings (SSSR count). The van der Waals surface area contributed by atoms with E-state index in [1.807, 2.05) is 19.3 Å². The van der Waals surface area contributed by atoms with E-state index in [-0.39, 0.29) is 22.9 Å². The maximum Gasteiger partial charge on any atom is 0.285 e. The average molecular weight is 368 g/mol. The Morgan fingerprint density at radius 1 is 1.33 bits per heavy atom. The monoisotopic (exact) mass is 368 g/mol. The van der Waals surface area contributed by atoms with Crippen molar-refractivity contribution in [3.8, 4) is 0 Å². The van der Waals surface area contributed by atoms with Gasteiger partial charge in [-0.3, -0.25) is 14.7 Å². The zero-order chi connectivity index (χ0) is 19.1. The summed E-state index contributed by atoms with van der Waals surface area (Å²) in [6, 6.07) is 2.10. The molecule has 27 heavy (non-hydrogen) atoms. The van der Waals surface area contributed by atoms with Crippen LogP contribution >= 0.6 is 0 Å². The first kappa shape index (κ1) is 17.5. The molecule has 0 unspecified atom stereocenters. The van der Waals surface area contributed by atoms with Crippen molar-refractivity contribution in [2.24, 2.45) is 0 Å². The fourth-order valence-corrected chi connectivity index (χ4v) is 3.85. The lowest BCUT2D eigenvalue weighted by Gasteiger charge is -2.33. The van der Waals surface area contributed by atoms with E-state index < -0.39 is 0 Å². The second-order valence-corrected chi connectivity index (χ2v) is 7.49. The Labute approximate surface area is 156 Å². The Hall–Kier alpha value is -2.90. The van der Waals surface area contributed by atoms with Gasteiger partial charge in [0, 0.05) is 55.4 Å². The summed E-state index contributed by atoms with van der Waals surface area (Å²) in [4.78, 5) is 36.3. The van der Waals surface area contributed by atoms with Gasteiger partial charge in [-0.25, -0.2) is 14.5 Å². The number of aromatic amines is 1. The van der Waals surface area contributed by atoms with E-state index in [0.717, 1.165) is 24.4 Å². The number of aryl methyl sites for hydroxylation is 1. The summed E-state index contributed by atoms with van der Waals surface area (Å²) in [7, 11) is 0. The van der Waals surface area contributed by atoms with Gasteiger partial charge in [-0.2, -0.15) is 0 Å². The van der Waals surface area contributed by atoms with Crippen molar-refractivity contribution in [2.75, 3.05) is 13.1 Å². The molecule has 1 amide bonds. The Morgan fingerprint density at radius 3 is 2.93 bits per heavy atom. The highest BCUT2D eigenvalue weighted by atomic mass is 16.2. The van der Waals surface area contributed by atoms with Gasteiger partial charge in [-0.05, 0) is 33.6 Å². The number of H-pyrrole nitrogens is 1. The number of aromatic nitrogens is 5. The molecule has 0 aliphatic carbocycles. The predicted octanol–water partition coefficient (Wildman–Crippen LogP) is 2.13. The molecule has 3 aromatic rings. The minimum absolute atomic E-state index is 0.0993. The maximum atomic E-state index is 13.0. The summed E-state index contributed by atoms with van der Waals surface area (Å²) in [5, 5.41) is 2.93. The van der Waals surface area contributed by atoms with Gasteiger partial charge in [0.2, 0.25) is 0 Å². The SMILES string of the molecule is Cc1cc2ncc(C(=O)N3CCC[C@H](c4nccn4C(C)C)C3)c(=O)n2[nH]1. The lowest BCUT2D eigenvalue weighted by Crippen LogP contribution is -2.42. The molecule has 1 fully saturated rings. The Kier molecular flexibility index (Phi) is 4.33. The summed E-state index contributed by atoms with van der Waals surface area (Å²) < 4.78 is 3.48. The highest BCUT2D eigenvalue weighted by Gasteiger charge is 2.30. The number of carbonyl (C=O) groups is 1. The number of fused-ring (bicyclic) bond motifs is 1. The molecule has 142 valence electrons. The first-order chi connectivity index (χ1) is 13.0. The van der Waals surface area contributed by atoms with Crippen molar-refractivity contribution in [3.05, 3.63) is 52.1 Å². The van der Waals surface area contributed by atoms with Gasteiger partial charge in [0.15, 0.2) is 5.65 Å². The van der Waals surface area contributed by atoms with E-state index >= 15 is 0 Å². The number of nitrogens with one attached hydrogen (secondary N) is 1. The minimum Gasteiger partial charge on any atom is -0.338 e. The molecular weight excluding hydrogens is 344 g/mol. The topological polar surface area (TPSA) is 88.3 Å². The second kappa shape index (κ2) is 6.68. The molecule has 0 radical (unpaired) electrons. The Morgan fingerprint density at radius 2 is 2.15 bits per heavy atom. The van der Waals surface area contributed by atoms with Gasteiger partial charge < -0.3 is 9.47 Å². The molecule has 0 aromatic carbocycles.